The summed E-state index contributed by atoms with van der Waals surface area (Å²) in [6, 6.07) is 3.50. The van der Waals surface area contributed by atoms with Crippen LogP contribution in [0.5, 0.6) is 5.75 Å². The first-order valence-corrected chi connectivity index (χ1v) is 7.46. The molecular formula is C18H22FNO3. The third-order valence-electron chi connectivity index (χ3n) is 3.80. The minimum Gasteiger partial charge on any atom is -0.424 e. The standard InChI is InChI=1S/C18H22FNO3/c1-10-11(2)20-13-8-7-12(18(3,4)5)16(19)15(13)17(10)23-14(21)9-22-6/h7-8H,9H2,1-6H3. The number of methoxy groups -OCH3 is 1. The number of halogens is 1. The van der Waals surface area contributed by atoms with Gasteiger partial charge in [-0.3, -0.25) is 4.98 Å². The van der Waals surface area contributed by atoms with Crippen molar-refractivity contribution in [1.29, 1.82) is 0 Å². The summed E-state index contributed by atoms with van der Waals surface area (Å²) < 4.78 is 25.3. The Morgan fingerprint density at radius 1 is 1.26 bits per heavy atom. The van der Waals surface area contributed by atoms with Crippen molar-refractivity contribution in [3.63, 3.8) is 0 Å². The number of aromatic nitrogens is 1. The summed E-state index contributed by atoms with van der Waals surface area (Å²) in [6.07, 6.45) is 0. The number of benzene rings is 1. The third kappa shape index (κ3) is 3.34. The van der Waals surface area contributed by atoms with Crippen molar-refractivity contribution in [1.82, 2.24) is 4.98 Å². The molecule has 0 radical (unpaired) electrons. The molecule has 0 bridgehead atoms. The van der Waals surface area contributed by atoms with Crippen LogP contribution in [0.25, 0.3) is 10.9 Å². The molecule has 0 aliphatic rings. The number of hydrogen-bond donors (Lipinski definition) is 0. The van der Waals surface area contributed by atoms with Crippen molar-refractivity contribution in [3.05, 3.63) is 34.8 Å². The summed E-state index contributed by atoms with van der Waals surface area (Å²) in [5.41, 5.74) is 2.00. The number of rotatable bonds is 3. The third-order valence-corrected chi connectivity index (χ3v) is 3.80. The number of esters is 1. The van der Waals surface area contributed by atoms with Crippen LogP contribution in [0, 0.1) is 19.7 Å². The van der Waals surface area contributed by atoms with Gasteiger partial charge in [0.05, 0.1) is 10.9 Å². The first-order chi connectivity index (χ1) is 10.7. The van der Waals surface area contributed by atoms with Crippen molar-refractivity contribution in [2.75, 3.05) is 13.7 Å². The molecule has 1 aromatic heterocycles. The van der Waals surface area contributed by atoms with E-state index in [2.05, 4.69) is 4.98 Å². The second-order valence-electron chi connectivity index (χ2n) is 6.63. The molecule has 0 aliphatic carbocycles. The number of carbonyl (C=O) groups excluding carboxylic acids is 1. The summed E-state index contributed by atoms with van der Waals surface area (Å²) in [7, 11) is 1.41. The maximum atomic E-state index is 15.1. The number of fused-ring (bicyclic) bond motifs is 1. The van der Waals surface area contributed by atoms with Crippen molar-refractivity contribution in [3.8, 4) is 5.75 Å². The van der Waals surface area contributed by atoms with E-state index >= 15 is 4.39 Å². The van der Waals surface area contributed by atoms with E-state index in [0.29, 0.717) is 22.3 Å². The summed E-state index contributed by atoms with van der Waals surface area (Å²) in [5, 5.41) is 0.241. The van der Waals surface area contributed by atoms with Crippen LogP contribution in [0.4, 0.5) is 4.39 Å². The van der Waals surface area contributed by atoms with E-state index in [0.717, 1.165) is 0 Å². The zero-order valence-electron chi connectivity index (χ0n) is 14.4. The predicted octanol–water partition coefficient (Wildman–Crippen LogP) is 3.84. The van der Waals surface area contributed by atoms with Crippen LogP contribution in [0.3, 0.4) is 0 Å². The second kappa shape index (κ2) is 6.24. The van der Waals surface area contributed by atoms with Gasteiger partial charge < -0.3 is 9.47 Å². The predicted molar refractivity (Wildman–Crippen MR) is 87.4 cm³/mol. The number of hydrogen-bond acceptors (Lipinski definition) is 4. The lowest BCUT2D eigenvalue weighted by atomic mass is 9.85. The van der Waals surface area contributed by atoms with Crippen LogP contribution in [-0.2, 0) is 14.9 Å². The summed E-state index contributed by atoms with van der Waals surface area (Å²) >= 11 is 0. The number of ether oxygens (including phenoxy) is 2. The summed E-state index contributed by atoms with van der Waals surface area (Å²) in [5.74, 6) is -0.743. The Balaban J connectivity index is 2.76. The van der Waals surface area contributed by atoms with E-state index in [1.165, 1.54) is 7.11 Å². The van der Waals surface area contributed by atoms with E-state index in [4.69, 9.17) is 9.47 Å². The lowest BCUT2D eigenvalue weighted by Gasteiger charge is -2.22. The zero-order valence-corrected chi connectivity index (χ0v) is 14.4. The van der Waals surface area contributed by atoms with Gasteiger partial charge in [-0.1, -0.05) is 26.8 Å². The molecular weight excluding hydrogens is 297 g/mol. The maximum absolute atomic E-state index is 15.1. The smallest absolute Gasteiger partial charge is 0.337 e. The average molecular weight is 319 g/mol. The minimum absolute atomic E-state index is 0.192. The van der Waals surface area contributed by atoms with Crippen molar-refractivity contribution in [2.24, 2.45) is 0 Å². The van der Waals surface area contributed by atoms with Gasteiger partial charge in [-0.05, 0) is 30.9 Å². The van der Waals surface area contributed by atoms with Crippen LogP contribution in [0.15, 0.2) is 12.1 Å². The van der Waals surface area contributed by atoms with E-state index in [1.807, 2.05) is 20.8 Å². The Morgan fingerprint density at radius 2 is 1.91 bits per heavy atom. The molecule has 0 N–H and O–H groups in total. The van der Waals surface area contributed by atoms with Crippen molar-refractivity contribution in [2.45, 2.75) is 40.0 Å². The van der Waals surface area contributed by atoms with Gasteiger partial charge in [-0.15, -0.1) is 0 Å². The molecule has 0 saturated heterocycles. The quantitative estimate of drug-likeness (QED) is 0.807. The second-order valence-corrected chi connectivity index (χ2v) is 6.63. The molecule has 5 heteroatoms. The van der Waals surface area contributed by atoms with E-state index in [-0.39, 0.29) is 23.2 Å². The number of carbonyl (C=O) groups is 1. The van der Waals surface area contributed by atoms with Gasteiger partial charge in [0.15, 0.2) is 0 Å². The molecule has 0 atom stereocenters. The highest BCUT2D eigenvalue weighted by Gasteiger charge is 2.24. The van der Waals surface area contributed by atoms with Gasteiger partial charge >= 0.3 is 5.97 Å². The topological polar surface area (TPSA) is 48.4 Å². The zero-order chi connectivity index (χ0) is 17.4. The fourth-order valence-electron chi connectivity index (χ4n) is 2.46. The van der Waals surface area contributed by atoms with Crippen molar-refractivity contribution >= 4 is 16.9 Å². The van der Waals surface area contributed by atoms with E-state index < -0.39 is 11.8 Å². The van der Waals surface area contributed by atoms with Gasteiger partial charge in [-0.25, -0.2) is 9.18 Å². The Labute approximate surface area is 135 Å². The minimum atomic E-state index is -0.567. The molecule has 0 spiro atoms. The Hall–Kier alpha value is -2.01. The highest BCUT2D eigenvalue weighted by Crippen LogP contribution is 2.37. The average Bonchev–Trinajstić information content (AvgIpc) is 2.42. The summed E-state index contributed by atoms with van der Waals surface area (Å²) in [6.45, 7) is 9.17. The lowest BCUT2D eigenvalue weighted by molar-refractivity contribution is -0.138. The Kier molecular flexibility index (Phi) is 4.71. The Morgan fingerprint density at radius 3 is 2.48 bits per heavy atom. The molecule has 124 valence electrons. The molecule has 2 aromatic rings. The van der Waals surface area contributed by atoms with Gasteiger partial charge in [0.1, 0.15) is 18.2 Å². The van der Waals surface area contributed by atoms with Crippen molar-refractivity contribution < 1.29 is 18.7 Å². The monoisotopic (exact) mass is 319 g/mol. The number of pyridine rings is 1. The maximum Gasteiger partial charge on any atom is 0.337 e. The summed E-state index contributed by atoms with van der Waals surface area (Å²) in [4.78, 5) is 16.2. The van der Waals surface area contributed by atoms with Gasteiger partial charge in [0, 0.05) is 18.4 Å². The molecule has 4 nitrogen and oxygen atoms in total. The Bertz CT molecular complexity index is 763. The van der Waals surface area contributed by atoms with Crippen LogP contribution in [-0.4, -0.2) is 24.7 Å². The molecule has 0 fully saturated rings. The first kappa shape index (κ1) is 17.3. The molecule has 1 heterocycles. The normalized spacial score (nSPS) is 11.8. The molecule has 0 aliphatic heterocycles. The molecule has 1 aromatic carbocycles. The van der Waals surface area contributed by atoms with Crippen LogP contribution in [0.2, 0.25) is 0 Å². The van der Waals surface area contributed by atoms with Gasteiger partial charge in [0.25, 0.3) is 0 Å². The van der Waals surface area contributed by atoms with Crippen LogP contribution in [0.1, 0.15) is 37.6 Å². The first-order valence-electron chi connectivity index (χ1n) is 7.46. The fraction of sp³-hybridized carbons (Fsp3) is 0.444. The van der Waals surface area contributed by atoms with Crippen LogP contribution < -0.4 is 4.74 Å². The largest absolute Gasteiger partial charge is 0.424 e. The van der Waals surface area contributed by atoms with Crippen LogP contribution >= 0.6 is 0 Å². The lowest BCUT2D eigenvalue weighted by Crippen LogP contribution is -2.17. The number of nitrogens with zero attached hydrogens (tertiary/aromatic N) is 1. The molecule has 0 amide bonds. The van der Waals surface area contributed by atoms with E-state index in [9.17, 15) is 4.79 Å². The highest BCUT2D eigenvalue weighted by molar-refractivity contribution is 5.91. The SMILES string of the molecule is COCC(=O)Oc1c(C)c(C)nc2ccc(C(C)(C)C)c(F)c12. The molecule has 0 unspecified atom stereocenters. The number of aryl methyl sites for hydroxylation is 1. The van der Waals surface area contributed by atoms with Gasteiger partial charge in [-0.2, -0.15) is 0 Å². The fourth-order valence-corrected chi connectivity index (χ4v) is 2.46. The highest BCUT2D eigenvalue weighted by atomic mass is 19.1. The molecule has 23 heavy (non-hydrogen) atoms. The van der Waals surface area contributed by atoms with E-state index in [1.54, 1.807) is 26.0 Å². The van der Waals surface area contributed by atoms with Gasteiger partial charge in [0.2, 0.25) is 0 Å². The molecule has 0 saturated carbocycles. The molecule has 2 rings (SSSR count).